The molecule has 5 heteroatoms. The lowest BCUT2D eigenvalue weighted by atomic mass is 10.0. The van der Waals surface area contributed by atoms with E-state index in [0.717, 1.165) is 20.6 Å². The van der Waals surface area contributed by atoms with Gasteiger partial charge in [-0.25, -0.2) is 0 Å². The van der Waals surface area contributed by atoms with Crippen molar-refractivity contribution < 1.29 is 4.74 Å². The van der Waals surface area contributed by atoms with Gasteiger partial charge in [0.2, 0.25) is 0 Å². The molecule has 1 N–H and O–H groups in total. The van der Waals surface area contributed by atoms with Gasteiger partial charge in [-0.15, -0.1) is 11.3 Å². The van der Waals surface area contributed by atoms with Crippen LogP contribution in [-0.2, 0) is 0 Å². The third-order valence-corrected chi connectivity index (χ3v) is 6.27. The molecule has 0 aliphatic heterocycles. The largest absolute Gasteiger partial charge is 0.491 e. The SMILES string of the molecule is CCNC(c1cc(Br)c(Br)s1)c1ccccc1OC(C)C. The van der Waals surface area contributed by atoms with Crippen LogP contribution >= 0.6 is 43.2 Å². The van der Waals surface area contributed by atoms with Gasteiger partial charge in [-0.1, -0.05) is 25.1 Å². The van der Waals surface area contributed by atoms with Crippen molar-refractivity contribution in [3.8, 4) is 5.75 Å². The van der Waals surface area contributed by atoms with Crippen molar-refractivity contribution in [3.05, 3.63) is 49.0 Å². The number of rotatable bonds is 6. The summed E-state index contributed by atoms with van der Waals surface area (Å²) in [7, 11) is 0. The summed E-state index contributed by atoms with van der Waals surface area (Å²) in [5, 5.41) is 3.56. The lowest BCUT2D eigenvalue weighted by Gasteiger charge is -2.21. The molecule has 1 aromatic heterocycles. The summed E-state index contributed by atoms with van der Waals surface area (Å²) in [5.41, 5.74) is 1.18. The van der Waals surface area contributed by atoms with E-state index in [-0.39, 0.29) is 12.1 Å². The minimum absolute atomic E-state index is 0.137. The number of hydrogen-bond donors (Lipinski definition) is 1. The van der Waals surface area contributed by atoms with Gasteiger partial charge in [-0.05, 0) is 64.4 Å². The van der Waals surface area contributed by atoms with Gasteiger partial charge in [0.1, 0.15) is 5.75 Å². The normalized spacial score (nSPS) is 12.7. The molecule has 1 unspecified atom stereocenters. The summed E-state index contributed by atoms with van der Waals surface area (Å²) in [4.78, 5) is 1.26. The molecule has 0 spiro atoms. The van der Waals surface area contributed by atoms with Gasteiger partial charge >= 0.3 is 0 Å². The molecule has 0 fully saturated rings. The van der Waals surface area contributed by atoms with E-state index in [1.165, 1.54) is 10.4 Å². The van der Waals surface area contributed by atoms with E-state index in [2.05, 4.69) is 76.1 Å². The third kappa shape index (κ3) is 4.31. The van der Waals surface area contributed by atoms with Crippen LogP contribution in [0.4, 0.5) is 0 Å². The fourth-order valence-electron chi connectivity index (χ4n) is 2.15. The molecule has 0 aliphatic rings. The van der Waals surface area contributed by atoms with Crippen LogP contribution in [0, 0.1) is 0 Å². The average Bonchev–Trinajstić information content (AvgIpc) is 2.76. The van der Waals surface area contributed by atoms with E-state index >= 15 is 0 Å². The highest BCUT2D eigenvalue weighted by atomic mass is 79.9. The second kappa shape index (κ2) is 7.77. The number of benzene rings is 1. The Kier molecular flexibility index (Phi) is 6.29. The standard InChI is InChI=1S/C16H19Br2NOS/c1-4-19-15(14-9-12(17)16(18)21-14)11-7-5-6-8-13(11)20-10(2)3/h5-10,15,19H,4H2,1-3H3. The maximum Gasteiger partial charge on any atom is 0.124 e. The van der Waals surface area contributed by atoms with Crippen LogP contribution in [0.25, 0.3) is 0 Å². The van der Waals surface area contributed by atoms with Gasteiger partial charge in [0.15, 0.2) is 0 Å². The third-order valence-electron chi connectivity index (χ3n) is 2.95. The number of thiophene rings is 1. The molecule has 0 bridgehead atoms. The first-order valence-electron chi connectivity index (χ1n) is 6.96. The Labute approximate surface area is 147 Å². The zero-order valence-electron chi connectivity index (χ0n) is 12.3. The van der Waals surface area contributed by atoms with Gasteiger partial charge in [0, 0.05) is 14.9 Å². The van der Waals surface area contributed by atoms with Crippen molar-refractivity contribution in [2.75, 3.05) is 6.54 Å². The molecule has 114 valence electrons. The molecule has 1 aromatic carbocycles. The summed E-state index contributed by atoms with van der Waals surface area (Å²) in [6, 6.07) is 10.5. The van der Waals surface area contributed by atoms with Gasteiger partial charge in [0.05, 0.1) is 15.9 Å². The molecular weight excluding hydrogens is 414 g/mol. The predicted octanol–water partition coefficient (Wildman–Crippen LogP) is 5.76. The van der Waals surface area contributed by atoms with Crippen LogP contribution in [0.2, 0.25) is 0 Å². The Morgan fingerprint density at radius 1 is 1.24 bits per heavy atom. The topological polar surface area (TPSA) is 21.3 Å². The Morgan fingerprint density at radius 2 is 1.95 bits per heavy atom. The zero-order chi connectivity index (χ0) is 15.4. The molecule has 0 saturated heterocycles. The molecule has 1 heterocycles. The Hall–Kier alpha value is -0.360. The molecule has 0 aliphatic carbocycles. The fraction of sp³-hybridized carbons (Fsp3) is 0.375. The number of halogens is 2. The van der Waals surface area contributed by atoms with Crippen LogP contribution in [0.1, 0.15) is 37.3 Å². The highest BCUT2D eigenvalue weighted by Crippen LogP contribution is 2.39. The van der Waals surface area contributed by atoms with E-state index in [1.54, 1.807) is 11.3 Å². The van der Waals surface area contributed by atoms with Gasteiger partial charge in [0.25, 0.3) is 0 Å². The molecule has 21 heavy (non-hydrogen) atoms. The van der Waals surface area contributed by atoms with E-state index in [1.807, 2.05) is 12.1 Å². The van der Waals surface area contributed by atoms with Crippen LogP contribution in [0.5, 0.6) is 5.75 Å². The monoisotopic (exact) mass is 431 g/mol. The van der Waals surface area contributed by atoms with Gasteiger partial charge < -0.3 is 10.1 Å². The van der Waals surface area contributed by atoms with E-state index in [0.29, 0.717) is 0 Å². The number of ether oxygens (including phenoxy) is 1. The first kappa shape index (κ1) is 17.0. The first-order valence-corrected chi connectivity index (χ1v) is 9.36. The summed E-state index contributed by atoms with van der Waals surface area (Å²) in [5.74, 6) is 0.944. The van der Waals surface area contributed by atoms with Crippen molar-refractivity contribution in [3.63, 3.8) is 0 Å². The second-order valence-electron chi connectivity index (χ2n) is 4.97. The lowest BCUT2D eigenvalue weighted by molar-refractivity contribution is 0.238. The van der Waals surface area contributed by atoms with E-state index in [9.17, 15) is 0 Å². The van der Waals surface area contributed by atoms with Crippen molar-refractivity contribution in [1.29, 1.82) is 0 Å². The molecule has 2 aromatic rings. The van der Waals surface area contributed by atoms with Crippen molar-refractivity contribution in [1.82, 2.24) is 5.32 Å². The molecule has 2 nitrogen and oxygen atoms in total. The predicted molar refractivity (Wildman–Crippen MR) is 97.4 cm³/mol. The smallest absolute Gasteiger partial charge is 0.124 e. The van der Waals surface area contributed by atoms with Crippen molar-refractivity contribution >= 4 is 43.2 Å². The fourth-order valence-corrected chi connectivity index (χ4v) is 4.34. The van der Waals surface area contributed by atoms with Gasteiger partial charge in [-0.2, -0.15) is 0 Å². The number of nitrogens with one attached hydrogen (secondary N) is 1. The Bertz CT molecular complexity index is 578. The van der Waals surface area contributed by atoms with Crippen molar-refractivity contribution in [2.45, 2.75) is 32.9 Å². The first-order chi connectivity index (χ1) is 10.0. The Morgan fingerprint density at radius 3 is 2.52 bits per heavy atom. The minimum Gasteiger partial charge on any atom is -0.491 e. The molecule has 0 amide bonds. The highest BCUT2D eigenvalue weighted by molar-refractivity contribution is 9.13. The van der Waals surface area contributed by atoms with E-state index in [4.69, 9.17) is 4.74 Å². The maximum absolute atomic E-state index is 5.97. The van der Waals surface area contributed by atoms with Crippen molar-refractivity contribution in [2.24, 2.45) is 0 Å². The van der Waals surface area contributed by atoms with Crippen LogP contribution < -0.4 is 10.1 Å². The minimum atomic E-state index is 0.137. The average molecular weight is 433 g/mol. The van der Waals surface area contributed by atoms with Crippen LogP contribution in [0.3, 0.4) is 0 Å². The molecular formula is C16H19Br2NOS. The summed E-state index contributed by atoms with van der Waals surface area (Å²) < 4.78 is 8.18. The number of hydrogen-bond acceptors (Lipinski definition) is 3. The molecule has 0 saturated carbocycles. The molecule has 1 atom stereocenters. The summed E-state index contributed by atoms with van der Waals surface area (Å²) >= 11 is 8.89. The Balaban J connectivity index is 2.42. The van der Waals surface area contributed by atoms with Crippen LogP contribution in [0.15, 0.2) is 38.6 Å². The molecule has 0 radical (unpaired) electrons. The lowest BCUT2D eigenvalue weighted by Crippen LogP contribution is -2.22. The molecule has 2 rings (SSSR count). The maximum atomic E-state index is 5.97. The quantitative estimate of drug-likeness (QED) is 0.626. The highest BCUT2D eigenvalue weighted by Gasteiger charge is 2.20. The van der Waals surface area contributed by atoms with Gasteiger partial charge in [-0.3, -0.25) is 0 Å². The number of para-hydroxylation sites is 1. The second-order valence-corrected chi connectivity index (χ2v) is 8.22. The zero-order valence-corrected chi connectivity index (χ0v) is 16.3. The van der Waals surface area contributed by atoms with Crippen LogP contribution in [-0.4, -0.2) is 12.6 Å². The summed E-state index contributed by atoms with van der Waals surface area (Å²) in [6.07, 6.45) is 0.162. The summed E-state index contributed by atoms with van der Waals surface area (Å²) in [6.45, 7) is 7.12. The van der Waals surface area contributed by atoms with E-state index < -0.39 is 0 Å².